The van der Waals surface area contributed by atoms with Gasteiger partial charge in [-0.1, -0.05) is 12.1 Å². The number of hydrogen-bond acceptors (Lipinski definition) is 5. The number of nitrogens with zero attached hydrogens (tertiary/aromatic N) is 2. The maximum Gasteiger partial charge on any atom is 0.329 e. The molecule has 158 valence electrons. The second kappa shape index (κ2) is 9.84. The monoisotopic (exact) mass is 415 g/mol. The molecule has 3 rings (SSSR count). The first-order valence-corrected chi connectivity index (χ1v) is 9.36. The van der Waals surface area contributed by atoms with Crippen LogP contribution < -0.4 is 15.0 Å². The Hall–Kier alpha value is -3.46. The Labute approximate surface area is 173 Å². The molecule has 0 atom stereocenters. The van der Waals surface area contributed by atoms with Crippen LogP contribution in [0.15, 0.2) is 48.5 Å². The van der Waals surface area contributed by atoms with Crippen LogP contribution >= 0.6 is 0 Å². The van der Waals surface area contributed by atoms with Gasteiger partial charge in [0.25, 0.3) is 5.91 Å². The average Bonchev–Trinajstić information content (AvgIpc) is 3.09. The summed E-state index contributed by atoms with van der Waals surface area (Å²) in [5, 5.41) is 2.20. The predicted molar refractivity (Wildman–Crippen MR) is 107 cm³/mol. The quantitative estimate of drug-likeness (QED) is 0.634. The van der Waals surface area contributed by atoms with Crippen LogP contribution in [0.5, 0.6) is 5.75 Å². The lowest BCUT2D eigenvalue weighted by Gasteiger charge is -2.23. The molecule has 1 heterocycles. The lowest BCUT2D eigenvalue weighted by Crippen LogP contribution is -2.37. The van der Waals surface area contributed by atoms with Gasteiger partial charge in [-0.2, -0.15) is 0 Å². The third-order valence-electron chi connectivity index (χ3n) is 4.53. The Morgan fingerprint density at radius 2 is 1.80 bits per heavy atom. The molecule has 30 heavy (non-hydrogen) atoms. The van der Waals surface area contributed by atoms with Crippen LogP contribution in [0.1, 0.15) is 10.4 Å². The molecule has 1 fully saturated rings. The average molecular weight is 415 g/mol. The van der Waals surface area contributed by atoms with Crippen molar-refractivity contribution in [2.45, 2.75) is 0 Å². The maximum atomic E-state index is 13.7. The number of imide groups is 1. The molecule has 9 heteroatoms. The van der Waals surface area contributed by atoms with Crippen molar-refractivity contribution in [1.82, 2.24) is 10.2 Å². The van der Waals surface area contributed by atoms with Gasteiger partial charge in [0.2, 0.25) is 5.91 Å². The molecule has 0 aromatic heterocycles. The molecule has 0 saturated carbocycles. The number of anilines is 1. The van der Waals surface area contributed by atoms with Crippen LogP contribution in [0.4, 0.5) is 14.9 Å². The van der Waals surface area contributed by atoms with Crippen molar-refractivity contribution in [3.63, 3.8) is 0 Å². The van der Waals surface area contributed by atoms with Crippen molar-refractivity contribution in [1.29, 1.82) is 0 Å². The van der Waals surface area contributed by atoms with Crippen LogP contribution in [0.3, 0.4) is 0 Å². The van der Waals surface area contributed by atoms with E-state index in [-0.39, 0.29) is 37.3 Å². The first kappa shape index (κ1) is 21.3. The Bertz CT molecular complexity index is 919. The molecule has 1 saturated heterocycles. The van der Waals surface area contributed by atoms with Crippen LogP contribution in [-0.2, 0) is 9.53 Å². The maximum absolute atomic E-state index is 13.7. The number of urea groups is 1. The van der Waals surface area contributed by atoms with E-state index in [9.17, 15) is 18.8 Å². The lowest BCUT2D eigenvalue weighted by molar-refractivity contribution is -0.117. The van der Waals surface area contributed by atoms with E-state index in [1.165, 1.54) is 24.1 Å². The van der Waals surface area contributed by atoms with Gasteiger partial charge in [-0.3, -0.25) is 19.8 Å². The fourth-order valence-corrected chi connectivity index (χ4v) is 2.96. The highest BCUT2D eigenvalue weighted by atomic mass is 19.1. The van der Waals surface area contributed by atoms with Gasteiger partial charge in [-0.25, -0.2) is 9.18 Å². The Kier molecular flexibility index (Phi) is 6.97. The summed E-state index contributed by atoms with van der Waals surface area (Å²) in [6.07, 6.45) is 0. The summed E-state index contributed by atoms with van der Waals surface area (Å²) in [6.45, 7) is 0.964. The molecule has 0 radical (unpaired) electrons. The minimum atomic E-state index is -0.494. The molecule has 1 aliphatic heterocycles. The molecule has 1 N–H and O–H groups in total. The number of benzene rings is 2. The first-order chi connectivity index (χ1) is 14.5. The van der Waals surface area contributed by atoms with Crippen LogP contribution in [0.25, 0.3) is 0 Å². The Morgan fingerprint density at radius 3 is 2.43 bits per heavy atom. The number of ether oxygens (including phenoxy) is 2. The van der Waals surface area contributed by atoms with Gasteiger partial charge in [0.15, 0.2) is 11.6 Å². The van der Waals surface area contributed by atoms with Crippen LogP contribution in [0.2, 0.25) is 0 Å². The summed E-state index contributed by atoms with van der Waals surface area (Å²) >= 11 is 0. The molecule has 0 aliphatic carbocycles. The molecule has 0 unspecified atom stereocenters. The number of amides is 4. The number of halogens is 1. The third kappa shape index (κ3) is 5.12. The van der Waals surface area contributed by atoms with Crippen molar-refractivity contribution in [3.05, 3.63) is 59.9 Å². The summed E-state index contributed by atoms with van der Waals surface area (Å²) in [7, 11) is 1.54. The molecule has 0 spiro atoms. The summed E-state index contributed by atoms with van der Waals surface area (Å²) in [6, 6.07) is 12.0. The Balaban J connectivity index is 1.64. The van der Waals surface area contributed by atoms with Gasteiger partial charge in [-0.05, 0) is 36.4 Å². The number of methoxy groups -OCH3 is 1. The van der Waals surface area contributed by atoms with Crippen molar-refractivity contribution in [2.75, 3.05) is 44.9 Å². The number of hydrogen-bond donors (Lipinski definition) is 1. The van der Waals surface area contributed by atoms with Crippen LogP contribution in [0, 0.1) is 5.82 Å². The third-order valence-corrected chi connectivity index (χ3v) is 4.53. The highest BCUT2D eigenvalue weighted by Gasteiger charge is 2.28. The summed E-state index contributed by atoms with van der Waals surface area (Å²) in [5.41, 5.74) is 0.924. The smallest absolute Gasteiger partial charge is 0.329 e. The van der Waals surface area contributed by atoms with Crippen molar-refractivity contribution >= 4 is 23.5 Å². The van der Waals surface area contributed by atoms with E-state index >= 15 is 0 Å². The first-order valence-electron chi connectivity index (χ1n) is 9.36. The number of rotatable bonds is 9. The summed E-state index contributed by atoms with van der Waals surface area (Å²) in [4.78, 5) is 38.8. The van der Waals surface area contributed by atoms with E-state index < -0.39 is 11.8 Å². The minimum Gasteiger partial charge on any atom is -0.489 e. The molecular formula is C21H22FN3O5. The largest absolute Gasteiger partial charge is 0.489 e. The molecule has 1 aliphatic rings. The summed E-state index contributed by atoms with van der Waals surface area (Å²) < 4.78 is 24.2. The number of nitrogens with one attached hydrogen (secondary N) is 1. The van der Waals surface area contributed by atoms with Gasteiger partial charge >= 0.3 is 6.03 Å². The molecule has 4 amide bonds. The molecule has 2 aromatic rings. The van der Waals surface area contributed by atoms with Gasteiger partial charge in [0.1, 0.15) is 13.2 Å². The van der Waals surface area contributed by atoms with Gasteiger partial charge < -0.3 is 14.4 Å². The van der Waals surface area contributed by atoms with Crippen molar-refractivity contribution < 1.29 is 28.2 Å². The van der Waals surface area contributed by atoms with Gasteiger partial charge in [-0.15, -0.1) is 0 Å². The predicted octanol–water partition coefficient (Wildman–Crippen LogP) is 2.05. The molecule has 0 bridgehead atoms. The fraction of sp³-hybridized carbons (Fsp3) is 0.286. The fourth-order valence-electron chi connectivity index (χ4n) is 2.96. The zero-order valence-electron chi connectivity index (χ0n) is 16.5. The SMILES string of the molecule is COCCN(CCOc1ccccc1F)C(=O)c1ccc(N2CC(=O)NC2=O)cc1. The minimum absolute atomic E-state index is 0.0561. The van der Waals surface area contributed by atoms with E-state index in [4.69, 9.17) is 9.47 Å². The highest BCUT2D eigenvalue weighted by molar-refractivity contribution is 6.12. The summed E-state index contributed by atoms with van der Waals surface area (Å²) in [5.74, 6) is -0.967. The van der Waals surface area contributed by atoms with E-state index in [0.717, 1.165) is 0 Å². The molecule has 8 nitrogen and oxygen atoms in total. The normalized spacial score (nSPS) is 13.3. The van der Waals surface area contributed by atoms with Crippen LogP contribution in [-0.4, -0.2) is 62.7 Å². The molecule has 2 aromatic carbocycles. The van der Waals surface area contributed by atoms with E-state index in [0.29, 0.717) is 24.4 Å². The number of carbonyl (C=O) groups excluding carboxylic acids is 3. The number of para-hydroxylation sites is 1. The Morgan fingerprint density at radius 1 is 1.10 bits per heavy atom. The van der Waals surface area contributed by atoms with E-state index in [1.807, 2.05) is 0 Å². The van der Waals surface area contributed by atoms with Crippen molar-refractivity contribution in [2.24, 2.45) is 0 Å². The highest BCUT2D eigenvalue weighted by Crippen LogP contribution is 2.19. The number of carbonyl (C=O) groups is 3. The van der Waals surface area contributed by atoms with E-state index in [2.05, 4.69) is 5.32 Å². The zero-order chi connectivity index (χ0) is 21.5. The van der Waals surface area contributed by atoms with E-state index in [1.54, 1.807) is 41.3 Å². The van der Waals surface area contributed by atoms with Gasteiger partial charge in [0.05, 0.1) is 13.2 Å². The van der Waals surface area contributed by atoms with Crippen molar-refractivity contribution in [3.8, 4) is 5.75 Å². The van der Waals surface area contributed by atoms with Gasteiger partial charge in [0, 0.05) is 24.9 Å². The topological polar surface area (TPSA) is 88.2 Å². The second-order valence-electron chi connectivity index (χ2n) is 6.55. The zero-order valence-corrected chi connectivity index (χ0v) is 16.5. The lowest BCUT2D eigenvalue weighted by atomic mass is 10.1. The second-order valence-corrected chi connectivity index (χ2v) is 6.55. The molecular weight excluding hydrogens is 393 g/mol. The standard InChI is InChI=1S/C21H22FN3O5/c1-29-12-10-24(11-13-30-18-5-3-2-4-17(18)22)20(27)15-6-8-16(9-7-15)25-14-19(26)23-21(25)28/h2-9H,10-14H2,1H3,(H,23,26,28).